The van der Waals surface area contributed by atoms with E-state index in [0.717, 1.165) is 11.3 Å². The quantitative estimate of drug-likeness (QED) is 0.634. The molecule has 0 saturated heterocycles. The molecular weight excluding hydrogens is 292 g/mol. The Balaban J connectivity index is 2.18. The summed E-state index contributed by atoms with van der Waals surface area (Å²) < 4.78 is 4.87. The van der Waals surface area contributed by atoms with Gasteiger partial charge in [0.2, 0.25) is 5.78 Å². The molecule has 23 heavy (non-hydrogen) atoms. The number of anilines is 1. The Hall–Kier alpha value is -2.82. The molecule has 0 bridgehead atoms. The van der Waals surface area contributed by atoms with Gasteiger partial charge in [-0.2, -0.15) is 0 Å². The van der Waals surface area contributed by atoms with Crippen molar-refractivity contribution in [3.05, 3.63) is 65.7 Å². The number of Topliss-reactive ketones (excluding diaryl/α,β-unsaturated/α-hetero) is 1. The van der Waals surface area contributed by atoms with Crippen molar-refractivity contribution in [3.8, 4) is 0 Å². The third-order valence-electron chi connectivity index (χ3n) is 3.22. The average molecular weight is 312 g/mol. The zero-order valence-electron chi connectivity index (χ0n) is 13.2. The number of ether oxygens (including phenoxy) is 1. The molecular formula is C18H20N2O3. The fraction of sp³-hybridized carbons (Fsp3) is 0.222. The molecule has 1 amide bonds. The Kier molecular flexibility index (Phi) is 5.74. The second kappa shape index (κ2) is 7.98. The Bertz CT molecular complexity index is 654. The van der Waals surface area contributed by atoms with Crippen molar-refractivity contribution < 1.29 is 14.3 Å². The summed E-state index contributed by atoms with van der Waals surface area (Å²) >= 11 is 0. The summed E-state index contributed by atoms with van der Waals surface area (Å²) in [5.74, 6) is -0.237. The molecule has 0 spiro atoms. The van der Waals surface area contributed by atoms with Gasteiger partial charge in [0.1, 0.15) is 0 Å². The van der Waals surface area contributed by atoms with E-state index in [-0.39, 0.29) is 12.4 Å². The van der Waals surface area contributed by atoms with Crippen LogP contribution in [0.4, 0.5) is 10.5 Å². The lowest BCUT2D eigenvalue weighted by molar-refractivity contribution is 0.0938. The lowest BCUT2D eigenvalue weighted by atomic mass is 10.1. The largest absolute Gasteiger partial charge is 0.450 e. The van der Waals surface area contributed by atoms with Crippen molar-refractivity contribution in [2.24, 2.45) is 0 Å². The van der Waals surface area contributed by atoms with Crippen molar-refractivity contribution >= 4 is 17.6 Å². The molecule has 5 nitrogen and oxygen atoms in total. The molecule has 2 aromatic rings. The van der Waals surface area contributed by atoms with Crippen LogP contribution in [-0.4, -0.2) is 24.6 Å². The van der Waals surface area contributed by atoms with Gasteiger partial charge in [0.25, 0.3) is 0 Å². The van der Waals surface area contributed by atoms with Crippen LogP contribution in [0.5, 0.6) is 0 Å². The number of ketones is 1. The highest BCUT2D eigenvalue weighted by molar-refractivity contribution is 6.02. The zero-order chi connectivity index (χ0) is 16.7. The number of hydrogen-bond acceptors (Lipinski definition) is 4. The maximum Gasteiger partial charge on any atom is 0.409 e. The minimum Gasteiger partial charge on any atom is -0.450 e. The first-order chi connectivity index (χ1) is 11.1. The lowest BCUT2D eigenvalue weighted by Gasteiger charge is -2.20. The van der Waals surface area contributed by atoms with Crippen molar-refractivity contribution in [1.29, 1.82) is 0 Å². The van der Waals surface area contributed by atoms with Crippen molar-refractivity contribution in [1.82, 2.24) is 5.32 Å². The van der Waals surface area contributed by atoms with E-state index in [0.29, 0.717) is 5.56 Å². The smallest absolute Gasteiger partial charge is 0.409 e. The molecule has 0 aromatic heterocycles. The third kappa shape index (κ3) is 4.85. The van der Waals surface area contributed by atoms with Gasteiger partial charge in [-0.3, -0.25) is 10.1 Å². The van der Waals surface area contributed by atoms with Crippen molar-refractivity contribution in [3.63, 3.8) is 0 Å². The highest BCUT2D eigenvalue weighted by atomic mass is 16.5. The predicted octanol–water partition coefficient (Wildman–Crippen LogP) is 3.36. The second-order valence-electron chi connectivity index (χ2n) is 5.04. The van der Waals surface area contributed by atoms with Gasteiger partial charge >= 0.3 is 6.09 Å². The van der Waals surface area contributed by atoms with Gasteiger partial charge in [-0.15, -0.1) is 0 Å². The summed E-state index contributed by atoms with van der Waals surface area (Å²) in [5, 5.41) is 5.59. The minimum absolute atomic E-state index is 0.237. The summed E-state index contributed by atoms with van der Waals surface area (Å²) in [5.41, 5.74) is 2.36. The van der Waals surface area contributed by atoms with Crippen LogP contribution in [0.15, 0.2) is 54.6 Å². The summed E-state index contributed by atoms with van der Waals surface area (Å²) in [4.78, 5) is 24.3. The molecule has 2 rings (SSSR count). The monoisotopic (exact) mass is 312 g/mol. The molecule has 0 aliphatic rings. The number of rotatable bonds is 6. The number of aryl methyl sites for hydroxylation is 1. The van der Waals surface area contributed by atoms with E-state index in [1.54, 1.807) is 31.2 Å². The maximum absolute atomic E-state index is 12.6. The van der Waals surface area contributed by atoms with Gasteiger partial charge in [-0.1, -0.05) is 48.0 Å². The molecule has 0 heterocycles. The fourth-order valence-electron chi connectivity index (χ4n) is 2.04. The molecule has 120 valence electrons. The number of benzene rings is 2. The molecule has 0 aliphatic carbocycles. The number of carbonyl (C=O) groups is 2. The van der Waals surface area contributed by atoms with Crippen LogP contribution in [0.1, 0.15) is 22.8 Å². The second-order valence-corrected chi connectivity index (χ2v) is 5.04. The third-order valence-corrected chi connectivity index (χ3v) is 3.22. The standard InChI is InChI=1S/C18H20N2O3/c1-3-23-18(22)20-17(16(21)14-7-5-4-6-8-14)19-15-11-9-13(2)10-12-15/h4-12,17,19H,3H2,1-2H3,(H,20,22). The summed E-state index contributed by atoms with van der Waals surface area (Å²) in [6.07, 6.45) is -1.54. The fourth-order valence-corrected chi connectivity index (χ4v) is 2.04. The van der Waals surface area contributed by atoms with Gasteiger partial charge in [0.05, 0.1) is 6.61 Å². The van der Waals surface area contributed by atoms with Crippen LogP contribution in [0.2, 0.25) is 0 Å². The van der Waals surface area contributed by atoms with E-state index in [4.69, 9.17) is 4.74 Å². The Labute approximate surface area is 135 Å². The van der Waals surface area contributed by atoms with Crippen molar-refractivity contribution in [2.45, 2.75) is 20.0 Å². The zero-order valence-corrected chi connectivity index (χ0v) is 13.2. The minimum atomic E-state index is -0.904. The van der Waals surface area contributed by atoms with E-state index in [1.165, 1.54) is 0 Å². The van der Waals surface area contributed by atoms with Gasteiger partial charge in [0, 0.05) is 11.3 Å². The Morgan fingerprint density at radius 2 is 1.70 bits per heavy atom. The lowest BCUT2D eigenvalue weighted by Crippen LogP contribution is -2.46. The van der Waals surface area contributed by atoms with Gasteiger partial charge in [-0.25, -0.2) is 4.79 Å². The molecule has 1 atom stereocenters. The van der Waals surface area contributed by atoms with Gasteiger partial charge in [-0.05, 0) is 26.0 Å². The van der Waals surface area contributed by atoms with E-state index in [9.17, 15) is 9.59 Å². The number of carbonyl (C=O) groups excluding carboxylic acids is 2. The number of amides is 1. The summed E-state index contributed by atoms with van der Waals surface area (Å²) in [6, 6.07) is 16.4. The molecule has 0 saturated carbocycles. The highest BCUT2D eigenvalue weighted by Gasteiger charge is 2.22. The van der Waals surface area contributed by atoms with E-state index in [1.807, 2.05) is 37.3 Å². The number of alkyl carbamates (subject to hydrolysis) is 1. The van der Waals surface area contributed by atoms with Crippen LogP contribution >= 0.6 is 0 Å². The van der Waals surface area contributed by atoms with Crippen LogP contribution < -0.4 is 10.6 Å². The van der Waals surface area contributed by atoms with Crippen LogP contribution in [-0.2, 0) is 4.74 Å². The average Bonchev–Trinajstić information content (AvgIpc) is 2.56. The van der Waals surface area contributed by atoms with Gasteiger partial charge in [0.15, 0.2) is 6.17 Å². The SMILES string of the molecule is CCOC(=O)NC(Nc1ccc(C)cc1)C(=O)c1ccccc1. The maximum atomic E-state index is 12.6. The first-order valence-electron chi connectivity index (χ1n) is 7.46. The Morgan fingerprint density at radius 3 is 2.30 bits per heavy atom. The molecule has 5 heteroatoms. The van der Waals surface area contributed by atoms with Gasteiger partial charge < -0.3 is 10.1 Å². The number of hydrogen-bond donors (Lipinski definition) is 2. The van der Waals surface area contributed by atoms with Crippen LogP contribution in [0, 0.1) is 6.92 Å². The van der Waals surface area contributed by atoms with E-state index < -0.39 is 12.3 Å². The normalized spacial score (nSPS) is 11.4. The van der Waals surface area contributed by atoms with E-state index in [2.05, 4.69) is 10.6 Å². The molecule has 2 aromatic carbocycles. The molecule has 1 unspecified atom stereocenters. The summed E-state index contributed by atoms with van der Waals surface area (Å²) in [7, 11) is 0. The molecule has 0 fully saturated rings. The highest BCUT2D eigenvalue weighted by Crippen LogP contribution is 2.12. The Morgan fingerprint density at radius 1 is 1.04 bits per heavy atom. The molecule has 2 N–H and O–H groups in total. The topological polar surface area (TPSA) is 67.4 Å². The van der Waals surface area contributed by atoms with Crippen LogP contribution in [0.3, 0.4) is 0 Å². The first-order valence-corrected chi connectivity index (χ1v) is 7.46. The molecule has 0 radical (unpaired) electrons. The van der Waals surface area contributed by atoms with Crippen LogP contribution in [0.25, 0.3) is 0 Å². The predicted molar refractivity (Wildman–Crippen MR) is 89.5 cm³/mol. The van der Waals surface area contributed by atoms with Crippen molar-refractivity contribution in [2.75, 3.05) is 11.9 Å². The first kappa shape index (κ1) is 16.5. The summed E-state index contributed by atoms with van der Waals surface area (Å²) in [6.45, 7) is 3.93. The number of nitrogens with one attached hydrogen (secondary N) is 2. The van der Waals surface area contributed by atoms with E-state index >= 15 is 0 Å². The molecule has 0 aliphatic heterocycles.